The number of fused-ring (bicyclic) bond motifs is 2. The van der Waals surface area contributed by atoms with E-state index in [0.29, 0.717) is 11.1 Å². The number of benzene rings is 1. The van der Waals surface area contributed by atoms with Gasteiger partial charge in [0.2, 0.25) is 5.91 Å². The first-order valence-corrected chi connectivity index (χ1v) is 13.4. The van der Waals surface area contributed by atoms with Crippen molar-refractivity contribution >= 4 is 26.7 Å². The first-order valence-electron chi connectivity index (χ1n) is 11.6. The molecule has 2 aromatic rings. The van der Waals surface area contributed by atoms with E-state index in [1.54, 1.807) is 13.0 Å². The predicted molar refractivity (Wildman–Crippen MR) is 122 cm³/mol. The van der Waals surface area contributed by atoms with Crippen LogP contribution in [0.1, 0.15) is 55.2 Å². The number of aliphatic hydroxyl groups is 1. The number of carbonyl (C=O) groups excluding carboxylic acids is 1. The zero-order valence-corrected chi connectivity index (χ0v) is 19.5. The van der Waals surface area contributed by atoms with Gasteiger partial charge in [-0.25, -0.2) is 13.2 Å². The van der Waals surface area contributed by atoms with E-state index >= 15 is 0 Å². The molecule has 1 spiro atoms. The quantitative estimate of drug-likeness (QED) is 0.651. The van der Waals surface area contributed by atoms with Crippen LogP contribution >= 0.6 is 0 Å². The van der Waals surface area contributed by atoms with Crippen LogP contribution in [-0.2, 0) is 27.5 Å². The van der Waals surface area contributed by atoms with Crippen LogP contribution in [0.2, 0.25) is 0 Å². The minimum atomic E-state index is -3.38. The molecule has 0 radical (unpaired) electrons. The Labute approximate surface area is 192 Å². The lowest BCUT2D eigenvalue weighted by Gasteiger charge is -2.41. The summed E-state index contributed by atoms with van der Waals surface area (Å²) >= 11 is 0. The van der Waals surface area contributed by atoms with Crippen molar-refractivity contribution in [1.29, 1.82) is 0 Å². The zero-order chi connectivity index (χ0) is 23.4. The third-order valence-electron chi connectivity index (χ3n) is 7.42. The van der Waals surface area contributed by atoms with Crippen LogP contribution in [0.5, 0.6) is 5.75 Å². The lowest BCUT2D eigenvalue weighted by atomic mass is 9.79. The van der Waals surface area contributed by atoms with Crippen LogP contribution in [0.3, 0.4) is 0 Å². The molecule has 1 saturated carbocycles. The summed E-state index contributed by atoms with van der Waals surface area (Å²) in [6.07, 6.45) is 6.18. The van der Waals surface area contributed by atoms with Crippen molar-refractivity contribution in [3.05, 3.63) is 39.2 Å². The topological polar surface area (TPSA) is 123 Å². The highest BCUT2D eigenvalue weighted by Crippen LogP contribution is 2.43. The molecule has 9 heteroatoms. The van der Waals surface area contributed by atoms with E-state index in [4.69, 9.17) is 9.15 Å². The van der Waals surface area contributed by atoms with Gasteiger partial charge in [0, 0.05) is 11.5 Å². The number of ether oxygens (including phenoxy) is 1. The second-order valence-corrected chi connectivity index (χ2v) is 11.9. The number of nitrogens with one attached hydrogen (secondary N) is 1. The second-order valence-electron chi connectivity index (χ2n) is 9.79. The van der Waals surface area contributed by atoms with Crippen molar-refractivity contribution in [2.75, 3.05) is 11.5 Å². The number of hydrogen-bond donors (Lipinski definition) is 2. The van der Waals surface area contributed by atoms with Gasteiger partial charge >= 0.3 is 5.63 Å². The first-order chi connectivity index (χ1) is 15.6. The Morgan fingerprint density at radius 2 is 1.94 bits per heavy atom. The summed E-state index contributed by atoms with van der Waals surface area (Å²) in [7, 11) is -3.38. The average Bonchev–Trinajstić information content (AvgIpc) is 3.01. The van der Waals surface area contributed by atoms with Gasteiger partial charge in [0.1, 0.15) is 16.9 Å². The monoisotopic (exact) mass is 475 g/mol. The Morgan fingerprint density at radius 3 is 2.64 bits per heavy atom. The van der Waals surface area contributed by atoms with Gasteiger partial charge in [0.15, 0.2) is 9.84 Å². The minimum Gasteiger partial charge on any atom is -0.487 e. The lowest BCUT2D eigenvalue weighted by Crippen LogP contribution is -2.43. The number of sulfone groups is 1. The van der Waals surface area contributed by atoms with Crippen LogP contribution in [0.15, 0.2) is 21.3 Å². The highest BCUT2D eigenvalue weighted by Gasteiger charge is 2.39. The number of rotatable bonds is 3. The maximum Gasteiger partial charge on any atom is 0.340 e. The van der Waals surface area contributed by atoms with E-state index < -0.39 is 33.5 Å². The van der Waals surface area contributed by atoms with E-state index in [1.807, 2.05) is 6.07 Å². The van der Waals surface area contributed by atoms with Crippen molar-refractivity contribution < 1.29 is 27.5 Å². The Hall–Kier alpha value is -2.39. The second kappa shape index (κ2) is 8.13. The number of hydrogen-bond acceptors (Lipinski definition) is 7. The van der Waals surface area contributed by atoms with Gasteiger partial charge < -0.3 is 19.6 Å². The molecule has 2 aliphatic heterocycles. The SMILES string of the molecule is Cc1c(CC(=O)N[C@H]2CS(=O)(=O)C[C@H]2O)c(=O)oc2cc3c(cc12)CCC1(CCCCC1)O3. The third kappa shape index (κ3) is 4.28. The molecule has 1 aromatic heterocycles. The van der Waals surface area contributed by atoms with Crippen molar-refractivity contribution in [3.63, 3.8) is 0 Å². The van der Waals surface area contributed by atoms with Gasteiger partial charge in [-0.2, -0.15) is 0 Å². The Kier molecular flexibility index (Phi) is 5.52. The van der Waals surface area contributed by atoms with Gasteiger partial charge in [-0.1, -0.05) is 6.42 Å². The van der Waals surface area contributed by atoms with E-state index in [0.717, 1.165) is 42.4 Å². The van der Waals surface area contributed by atoms with E-state index in [-0.39, 0.29) is 29.1 Å². The normalized spacial score (nSPS) is 25.5. The summed E-state index contributed by atoms with van der Waals surface area (Å²) in [5, 5.41) is 13.2. The highest BCUT2D eigenvalue weighted by atomic mass is 32.2. The molecule has 1 aromatic carbocycles. The van der Waals surface area contributed by atoms with Crippen LogP contribution in [-0.4, -0.2) is 48.7 Å². The summed E-state index contributed by atoms with van der Waals surface area (Å²) in [5.74, 6) is -0.422. The van der Waals surface area contributed by atoms with Crippen LogP contribution in [0.4, 0.5) is 0 Å². The number of aryl methyl sites for hydroxylation is 2. The third-order valence-corrected chi connectivity index (χ3v) is 9.13. The molecule has 1 saturated heterocycles. The maximum atomic E-state index is 12.7. The predicted octanol–water partition coefficient (Wildman–Crippen LogP) is 1.95. The number of carbonyl (C=O) groups is 1. The highest BCUT2D eigenvalue weighted by molar-refractivity contribution is 7.91. The molecule has 0 bridgehead atoms. The standard InChI is InChI=1S/C24H29NO7S/c1-14-16-9-15-5-8-24(6-3-2-4-7-24)32-20(15)11-21(16)31-23(28)17(14)10-22(27)25-18-12-33(29,30)13-19(18)26/h9,11,18-19,26H,2-8,10,12-13H2,1H3,(H,25,27)/t18-,19+/m0/s1. The first kappa shape index (κ1) is 22.4. The number of amides is 1. The summed E-state index contributed by atoms with van der Waals surface area (Å²) in [6.45, 7) is 1.79. The van der Waals surface area contributed by atoms with E-state index in [1.165, 1.54) is 19.3 Å². The van der Waals surface area contributed by atoms with Crippen LogP contribution in [0.25, 0.3) is 11.0 Å². The Bertz CT molecular complexity index is 1270. The summed E-state index contributed by atoms with van der Waals surface area (Å²) in [6, 6.07) is 2.93. The molecule has 0 unspecified atom stereocenters. The molecule has 2 fully saturated rings. The van der Waals surface area contributed by atoms with Gasteiger partial charge in [-0.05, 0) is 62.6 Å². The summed E-state index contributed by atoms with van der Waals surface area (Å²) < 4.78 is 35.4. The number of aliphatic hydroxyl groups excluding tert-OH is 1. The maximum absolute atomic E-state index is 12.7. The summed E-state index contributed by atoms with van der Waals surface area (Å²) in [5.41, 5.74) is 1.70. The molecule has 178 valence electrons. The molecule has 2 atom stereocenters. The molecule has 2 N–H and O–H groups in total. The van der Waals surface area contributed by atoms with Crippen molar-refractivity contribution in [3.8, 4) is 5.75 Å². The zero-order valence-electron chi connectivity index (χ0n) is 18.7. The van der Waals surface area contributed by atoms with Gasteiger partial charge in [-0.15, -0.1) is 0 Å². The molecule has 33 heavy (non-hydrogen) atoms. The molecule has 3 heterocycles. The molecule has 1 amide bonds. The van der Waals surface area contributed by atoms with Crippen LogP contribution < -0.4 is 15.7 Å². The van der Waals surface area contributed by atoms with Crippen molar-refractivity contribution in [2.45, 2.75) is 76.0 Å². The Morgan fingerprint density at radius 1 is 1.18 bits per heavy atom. The molecule has 3 aliphatic rings. The van der Waals surface area contributed by atoms with Gasteiger partial charge in [0.05, 0.1) is 35.6 Å². The van der Waals surface area contributed by atoms with Crippen LogP contribution in [0, 0.1) is 6.92 Å². The Balaban J connectivity index is 1.40. The van der Waals surface area contributed by atoms with Crippen molar-refractivity contribution in [1.82, 2.24) is 5.32 Å². The lowest BCUT2D eigenvalue weighted by molar-refractivity contribution is -0.121. The summed E-state index contributed by atoms with van der Waals surface area (Å²) in [4.78, 5) is 25.3. The molecule has 8 nitrogen and oxygen atoms in total. The largest absolute Gasteiger partial charge is 0.487 e. The fourth-order valence-corrected chi connectivity index (χ4v) is 7.28. The van der Waals surface area contributed by atoms with Crippen molar-refractivity contribution in [2.24, 2.45) is 0 Å². The molecule has 5 rings (SSSR count). The van der Waals surface area contributed by atoms with E-state index in [9.17, 15) is 23.1 Å². The molecule has 1 aliphatic carbocycles. The van der Waals surface area contributed by atoms with Gasteiger partial charge in [-0.3, -0.25) is 4.79 Å². The fraction of sp³-hybridized carbons (Fsp3) is 0.583. The smallest absolute Gasteiger partial charge is 0.340 e. The fourth-order valence-electron chi connectivity index (χ4n) is 5.54. The minimum absolute atomic E-state index is 0.107. The average molecular weight is 476 g/mol. The van der Waals surface area contributed by atoms with Gasteiger partial charge in [0.25, 0.3) is 0 Å². The molecular weight excluding hydrogens is 446 g/mol. The van der Waals surface area contributed by atoms with E-state index in [2.05, 4.69) is 5.32 Å². The molecular formula is C24H29NO7S.